The van der Waals surface area contributed by atoms with Crippen LogP contribution in [0.1, 0.15) is 17.3 Å². The Morgan fingerprint density at radius 1 is 1.80 bits per heavy atom. The summed E-state index contributed by atoms with van der Waals surface area (Å²) in [6, 6.07) is 0. The number of thiocarbonyl (C=S) groups is 1. The average Bonchev–Trinajstić information content (AvgIpc) is 2.60. The van der Waals surface area contributed by atoms with Gasteiger partial charge in [-0.25, -0.2) is 0 Å². The molecular formula is C9H14N4OS. The van der Waals surface area contributed by atoms with Crippen LogP contribution < -0.4 is 11.1 Å². The Bertz CT molecular complexity index is 374. The molecule has 0 fully saturated rings. The van der Waals surface area contributed by atoms with Gasteiger partial charge in [-0.3, -0.25) is 9.48 Å². The van der Waals surface area contributed by atoms with Gasteiger partial charge in [-0.15, -0.1) is 0 Å². The third-order valence-electron chi connectivity index (χ3n) is 2.02. The topological polar surface area (TPSA) is 72.9 Å². The number of amides is 1. The summed E-state index contributed by atoms with van der Waals surface area (Å²) in [6.07, 6.45) is 3.17. The van der Waals surface area contributed by atoms with Crippen LogP contribution in [0, 0.1) is 5.92 Å². The highest BCUT2D eigenvalue weighted by Crippen LogP contribution is 1.97. The summed E-state index contributed by atoms with van der Waals surface area (Å²) in [5, 5.41) is 6.64. The van der Waals surface area contributed by atoms with E-state index in [-0.39, 0.29) is 11.8 Å². The lowest BCUT2D eigenvalue weighted by Crippen LogP contribution is -2.33. The predicted molar refractivity (Wildman–Crippen MR) is 61.5 cm³/mol. The number of nitrogens with two attached hydrogens (primary N) is 1. The number of carbonyl (C=O) groups excluding carboxylic acids is 1. The van der Waals surface area contributed by atoms with Gasteiger partial charge in [0.25, 0.3) is 5.91 Å². The number of aryl methyl sites for hydroxylation is 1. The average molecular weight is 226 g/mol. The van der Waals surface area contributed by atoms with Crippen molar-refractivity contribution in [3.63, 3.8) is 0 Å². The molecule has 0 radical (unpaired) electrons. The molecule has 1 amide bonds. The second-order valence-corrected chi connectivity index (χ2v) is 3.89. The quantitative estimate of drug-likeness (QED) is 0.713. The van der Waals surface area contributed by atoms with Gasteiger partial charge < -0.3 is 11.1 Å². The molecule has 82 valence electrons. The maximum Gasteiger partial charge on any atom is 0.254 e. The number of aromatic nitrogens is 2. The minimum absolute atomic E-state index is 0.000575. The Morgan fingerprint density at radius 3 is 2.93 bits per heavy atom. The Labute approximate surface area is 93.6 Å². The van der Waals surface area contributed by atoms with Crippen LogP contribution in [0.5, 0.6) is 0 Å². The molecule has 3 N–H and O–H groups in total. The molecule has 0 spiro atoms. The highest BCUT2D eigenvalue weighted by Gasteiger charge is 2.10. The van der Waals surface area contributed by atoms with Crippen LogP contribution in [0.15, 0.2) is 12.4 Å². The molecule has 1 aromatic rings. The summed E-state index contributed by atoms with van der Waals surface area (Å²) < 4.78 is 1.58. The zero-order valence-electron chi connectivity index (χ0n) is 8.73. The van der Waals surface area contributed by atoms with Gasteiger partial charge in [0.05, 0.1) is 16.7 Å². The van der Waals surface area contributed by atoms with Gasteiger partial charge in [0.2, 0.25) is 0 Å². The van der Waals surface area contributed by atoms with Crippen molar-refractivity contribution in [2.75, 3.05) is 6.54 Å². The lowest BCUT2D eigenvalue weighted by Gasteiger charge is -2.09. The number of nitrogens with one attached hydrogen (secondary N) is 1. The Balaban J connectivity index is 2.47. The molecule has 1 heterocycles. The zero-order valence-corrected chi connectivity index (χ0v) is 9.54. The molecule has 6 heteroatoms. The van der Waals surface area contributed by atoms with E-state index in [1.54, 1.807) is 17.9 Å². The lowest BCUT2D eigenvalue weighted by atomic mass is 10.2. The second kappa shape index (κ2) is 4.88. The van der Waals surface area contributed by atoms with Crippen LogP contribution in [-0.4, -0.2) is 27.2 Å². The van der Waals surface area contributed by atoms with Crippen molar-refractivity contribution >= 4 is 23.1 Å². The number of hydrogen-bond acceptors (Lipinski definition) is 3. The van der Waals surface area contributed by atoms with E-state index in [1.807, 2.05) is 6.92 Å². The summed E-state index contributed by atoms with van der Waals surface area (Å²) in [4.78, 5) is 11.9. The van der Waals surface area contributed by atoms with E-state index in [0.717, 1.165) is 0 Å². The molecule has 0 aliphatic rings. The van der Waals surface area contributed by atoms with Gasteiger partial charge in [0, 0.05) is 25.7 Å². The number of rotatable bonds is 4. The molecule has 0 aromatic carbocycles. The van der Waals surface area contributed by atoms with Gasteiger partial charge in [-0.05, 0) is 0 Å². The zero-order chi connectivity index (χ0) is 11.4. The van der Waals surface area contributed by atoms with Gasteiger partial charge in [0.15, 0.2) is 0 Å². The molecule has 0 saturated carbocycles. The molecule has 1 unspecified atom stereocenters. The maximum atomic E-state index is 11.5. The van der Waals surface area contributed by atoms with Crippen molar-refractivity contribution in [2.24, 2.45) is 18.7 Å². The van der Waals surface area contributed by atoms with Gasteiger partial charge in [-0.1, -0.05) is 19.1 Å². The Morgan fingerprint density at radius 2 is 2.47 bits per heavy atom. The van der Waals surface area contributed by atoms with Crippen LogP contribution in [-0.2, 0) is 7.05 Å². The fourth-order valence-corrected chi connectivity index (χ4v) is 1.07. The van der Waals surface area contributed by atoms with Crippen molar-refractivity contribution < 1.29 is 4.79 Å². The van der Waals surface area contributed by atoms with Crippen molar-refractivity contribution in [3.8, 4) is 0 Å². The van der Waals surface area contributed by atoms with E-state index in [0.29, 0.717) is 17.1 Å². The fourth-order valence-electron chi connectivity index (χ4n) is 0.987. The van der Waals surface area contributed by atoms with Crippen LogP contribution in [0.4, 0.5) is 0 Å². The minimum atomic E-state index is -0.161. The molecule has 15 heavy (non-hydrogen) atoms. The summed E-state index contributed by atoms with van der Waals surface area (Å²) in [7, 11) is 1.76. The van der Waals surface area contributed by atoms with E-state index >= 15 is 0 Å². The van der Waals surface area contributed by atoms with Gasteiger partial charge in [-0.2, -0.15) is 5.10 Å². The second-order valence-electron chi connectivity index (χ2n) is 3.42. The monoisotopic (exact) mass is 226 g/mol. The summed E-state index contributed by atoms with van der Waals surface area (Å²) >= 11 is 4.80. The van der Waals surface area contributed by atoms with Gasteiger partial charge in [0.1, 0.15) is 0 Å². The minimum Gasteiger partial charge on any atom is -0.393 e. The standard InChI is InChI=1S/C9H14N4OS/c1-6(8(10)15)3-11-9(14)7-4-12-13(2)5-7/h4-6H,3H2,1-2H3,(H2,10,15)(H,11,14). The maximum absolute atomic E-state index is 11.5. The summed E-state index contributed by atoms with van der Waals surface area (Å²) in [5.74, 6) is -0.160. The van der Waals surface area contributed by atoms with Crippen molar-refractivity contribution in [1.29, 1.82) is 0 Å². The molecular weight excluding hydrogens is 212 g/mol. The number of hydrogen-bond donors (Lipinski definition) is 2. The molecule has 0 saturated heterocycles. The first-order chi connectivity index (χ1) is 7.00. The van der Waals surface area contributed by atoms with Crippen molar-refractivity contribution in [2.45, 2.75) is 6.92 Å². The van der Waals surface area contributed by atoms with Crippen LogP contribution >= 0.6 is 12.2 Å². The molecule has 1 atom stereocenters. The molecule has 1 aromatic heterocycles. The molecule has 0 bridgehead atoms. The summed E-state index contributed by atoms with van der Waals surface area (Å²) in [6.45, 7) is 2.31. The molecule has 1 rings (SSSR count). The number of carbonyl (C=O) groups is 1. The Kier molecular flexibility index (Phi) is 3.79. The largest absolute Gasteiger partial charge is 0.393 e. The highest BCUT2D eigenvalue weighted by molar-refractivity contribution is 7.80. The lowest BCUT2D eigenvalue weighted by molar-refractivity contribution is 0.0951. The van der Waals surface area contributed by atoms with Gasteiger partial charge >= 0.3 is 0 Å². The predicted octanol–water partition coefficient (Wildman–Crippen LogP) is 0.0721. The first kappa shape index (κ1) is 11.6. The van der Waals surface area contributed by atoms with E-state index in [4.69, 9.17) is 18.0 Å². The van der Waals surface area contributed by atoms with Crippen LogP contribution in [0.25, 0.3) is 0 Å². The SMILES string of the molecule is CC(CNC(=O)c1cnn(C)c1)C(N)=S. The molecule has 5 nitrogen and oxygen atoms in total. The van der Waals surface area contributed by atoms with E-state index < -0.39 is 0 Å². The van der Waals surface area contributed by atoms with E-state index in [9.17, 15) is 4.79 Å². The van der Waals surface area contributed by atoms with Crippen molar-refractivity contribution in [1.82, 2.24) is 15.1 Å². The van der Waals surface area contributed by atoms with Crippen LogP contribution in [0.2, 0.25) is 0 Å². The first-order valence-corrected chi connectivity index (χ1v) is 4.97. The fraction of sp³-hybridized carbons (Fsp3) is 0.444. The van der Waals surface area contributed by atoms with Crippen molar-refractivity contribution in [3.05, 3.63) is 18.0 Å². The van der Waals surface area contributed by atoms with E-state index in [2.05, 4.69) is 10.4 Å². The third kappa shape index (κ3) is 3.32. The molecule has 0 aliphatic heterocycles. The van der Waals surface area contributed by atoms with E-state index in [1.165, 1.54) is 6.20 Å². The van der Waals surface area contributed by atoms with Crippen LogP contribution in [0.3, 0.4) is 0 Å². The Hall–Kier alpha value is -1.43. The third-order valence-corrected chi connectivity index (χ3v) is 2.42. The molecule has 0 aliphatic carbocycles. The number of nitrogens with zero attached hydrogens (tertiary/aromatic N) is 2. The highest BCUT2D eigenvalue weighted by atomic mass is 32.1. The smallest absolute Gasteiger partial charge is 0.254 e. The first-order valence-electron chi connectivity index (χ1n) is 4.57. The normalized spacial score (nSPS) is 12.1. The summed E-state index contributed by atoms with van der Waals surface area (Å²) in [5.41, 5.74) is 5.96.